The predicted octanol–water partition coefficient (Wildman–Crippen LogP) is 2.72. The highest BCUT2D eigenvalue weighted by atomic mass is 32.2. The lowest BCUT2D eigenvalue weighted by atomic mass is 10.2. The molecule has 9 nitrogen and oxygen atoms in total. The molecule has 1 amide bonds. The molecule has 0 saturated heterocycles. The molecule has 0 radical (unpaired) electrons. The number of hydrogen-bond acceptors (Lipinski definition) is 9. The van der Waals surface area contributed by atoms with Gasteiger partial charge in [-0.15, -0.1) is 10.2 Å². The molecule has 3 heterocycles. The van der Waals surface area contributed by atoms with Crippen molar-refractivity contribution in [3.8, 4) is 23.0 Å². The molecule has 0 spiro atoms. The highest BCUT2D eigenvalue weighted by molar-refractivity contribution is 7.99. The van der Waals surface area contributed by atoms with Crippen LogP contribution >= 0.6 is 11.8 Å². The molecule has 2 aliphatic rings. The summed E-state index contributed by atoms with van der Waals surface area (Å²) in [7, 11) is 0. The Hall–Kier alpha value is -3.40. The Morgan fingerprint density at radius 1 is 1.03 bits per heavy atom. The first-order valence-corrected chi connectivity index (χ1v) is 10.2. The molecule has 0 fully saturated rings. The van der Waals surface area contributed by atoms with Crippen LogP contribution in [0.15, 0.2) is 52.1 Å². The molecule has 154 valence electrons. The Bertz CT molecular complexity index is 1070. The molecule has 2 aliphatic heterocycles. The minimum Gasteiger partial charge on any atom is -0.485 e. The summed E-state index contributed by atoms with van der Waals surface area (Å²) in [5, 5.41) is 11.1. The first-order valence-electron chi connectivity index (χ1n) is 9.24. The Morgan fingerprint density at radius 2 is 1.87 bits per heavy atom. The van der Waals surface area contributed by atoms with Gasteiger partial charge >= 0.3 is 0 Å². The topological polar surface area (TPSA) is 105 Å². The minimum atomic E-state index is -0.485. The van der Waals surface area contributed by atoms with Gasteiger partial charge in [-0.2, -0.15) is 0 Å². The van der Waals surface area contributed by atoms with Crippen LogP contribution in [0, 0.1) is 0 Å². The van der Waals surface area contributed by atoms with Crippen molar-refractivity contribution in [2.24, 2.45) is 0 Å². The van der Waals surface area contributed by atoms with Crippen LogP contribution in [-0.4, -0.2) is 35.3 Å². The first-order chi connectivity index (χ1) is 14.7. The van der Waals surface area contributed by atoms with E-state index >= 15 is 0 Å². The molecule has 10 heteroatoms. The van der Waals surface area contributed by atoms with Gasteiger partial charge in [0.05, 0.1) is 5.75 Å². The van der Waals surface area contributed by atoms with Gasteiger partial charge < -0.3 is 28.7 Å². The lowest BCUT2D eigenvalue weighted by molar-refractivity contribution is -0.118. The number of ether oxygens (including phenoxy) is 4. The molecule has 0 aliphatic carbocycles. The van der Waals surface area contributed by atoms with Crippen molar-refractivity contribution in [2.75, 3.05) is 19.2 Å². The van der Waals surface area contributed by atoms with E-state index in [1.807, 2.05) is 42.5 Å². The number of carbonyl (C=O) groups is 1. The zero-order chi connectivity index (χ0) is 20.3. The quantitative estimate of drug-likeness (QED) is 0.595. The van der Waals surface area contributed by atoms with Crippen LogP contribution in [0.25, 0.3) is 0 Å². The van der Waals surface area contributed by atoms with Gasteiger partial charge in [-0.05, 0) is 29.8 Å². The number of amides is 1. The molecule has 1 unspecified atom stereocenters. The number of carbonyl (C=O) groups excluding carboxylic acids is 1. The molecule has 1 aromatic heterocycles. The van der Waals surface area contributed by atoms with Crippen LogP contribution in [0.2, 0.25) is 0 Å². The van der Waals surface area contributed by atoms with E-state index in [9.17, 15) is 4.79 Å². The molecule has 0 bridgehead atoms. The maximum atomic E-state index is 12.1. The normalized spacial score (nSPS) is 16.3. The van der Waals surface area contributed by atoms with E-state index in [0.29, 0.717) is 40.7 Å². The maximum Gasteiger partial charge on any atom is 0.277 e. The van der Waals surface area contributed by atoms with E-state index in [1.54, 1.807) is 0 Å². The smallest absolute Gasteiger partial charge is 0.277 e. The molecule has 3 aromatic rings. The molecule has 5 rings (SSSR count). The van der Waals surface area contributed by atoms with Gasteiger partial charge in [0.15, 0.2) is 23.0 Å². The van der Waals surface area contributed by atoms with Crippen LogP contribution in [0.1, 0.15) is 17.6 Å². The minimum absolute atomic E-state index is 0.149. The lowest BCUT2D eigenvalue weighted by Gasteiger charge is -2.23. The van der Waals surface area contributed by atoms with E-state index in [2.05, 4.69) is 15.5 Å². The van der Waals surface area contributed by atoms with Gasteiger partial charge in [0, 0.05) is 6.54 Å². The van der Waals surface area contributed by atoms with Crippen LogP contribution < -0.4 is 24.3 Å². The first kappa shape index (κ1) is 18.6. The zero-order valence-corrected chi connectivity index (χ0v) is 16.5. The maximum absolute atomic E-state index is 12.1. The standard InChI is InChI=1S/C20H17N3O6S/c24-18(21-8-12-5-6-14-16(7-12)27-11-26-14)10-30-20-23-22-19(29-20)17-9-25-13-3-1-2-4-15(13)28-17/h1-7,17H,8-11H2,(H,21,24). The van der Waals surface area contributed by atoms with Crippen LogP contribution in [0.3, 0.4) is 0 Å². The van der Waals surface area contributed by atoms with Crippen LogP contribution in [0.5, 0.6) is 23.0 Å². The summed E-state index contributed by atoms with van der Waals surface area (Å²) >= 11 is 1.16. The fourth-order valence-electron chi connectivity index (χ4n) is 2.98. The van der Waals surface area contributed by atoms with E-state index in [0.717, 1.165) is 17.3 Å². The van der Waals surface area contributed by atoms with E-state index < -0.39 is 6.10 Å². The predicted molar refractivity (Wildman–Crippen MR) is 105 cm³/mol. The highest BCUT2D eigenvalue weighted by Crippen LogP contribution is 2.36. The van der Waals surface area contributed by atoms with Crippen molar-refractivity contribution in [3.63, 3.8) is 0 Å². The molecular weight excluding hydrogens is 410 g/mol. The summed E-state index contributed by atoms with van der Waals surface area (Å²) in [6.07, 6.45) is -0.485. The number of benzene rings is 2. The van der Waals surface area contributed by atoms with E-state index in [1.165, 1.54) is 0 Å². The monoisotopic (exact) mass is 427 g/mol. The summed E-state index contributed by atoms with van der Waals surface area (Å²) in [6.45, 7) is 0.885. The summed E-state index contributed by atoms with van der Waals surface area (Å²) in [6, 6.07) is 13.0. The fourth-order valence-corrected chi connectivity index (χ4v) is 3.58. The number of para-hydroxylation sites is 2. The Labute approximate surface area is 175 Å². The molecule has 1 N–H and O–H groups in total. The zero-order valence-electron chi connectivity index (χ0n) is 15.7. The molecule has 1 atom stereocenters. The largest absolute Gasteiger partial charge is 0.485 e. The number of nitrogens with zero attached hydrogens (tertiary/aromatic N) is 2. The van der Waals surface area contributed by atoms with Gasteiger partial charge in [0.2, 0.25) is 18.8 Å². The van der Waals surface area contributed by atoms with Crippen molar-refractivity contribution in [3.05, 3.63) is 53.9 Å². The van der Waals surface area contributed by atoms with Crippen LogP contribution in [0.4, 0.5) is 0 Å². The third kappa shape index (κ3) is 3.99. The number of rotatable bonds is 6. The number of fused-ring (bicyclic) bond motifs is 2. The fraction of sp³-hybridized carbons (Fsp3) is 0.250. The van der Waals surface area contributed by atoms with E-state index in [-0.39, 0.29) is 25.1 Å². The second kappa shape index (κ2) is 8.15. The SMILES string of the molecule is O=C(CSc1nnc(C2COc3ccccc3O2)o1)NCc1ccc2c(c1)OCO2. The second-order valence-corrected chi connectivity index (χ2v) is 7.45. The molecule has 30 heavy (non-hydrogen) atoms. The summed E-state index contributed by atoms with van der Waals surface area (Å²) in [4.78, 5) is 12.1. The average Bonchev–Trinajstić information content (AvgIpc) is 3.45. The number of thioether (sulfide) groups is 1. The van der Waals surface area contributed by atoms with Crippen molar-refractivity contribution in [2.45, 2.75) is 17.9 Å². The van der Waals surface area contributed by atoms with Crippen molar-refractivity contribution in [1.82, 2.24) is 15.5 Å². The van der Waals surface area contributed by atoms with Gasteiger partial charge in [0.25, 0.3) is 11.1 Å². The summed E-state index contributed by atoms with van der Waals surface area (Å²) in [5.74, 6) is 3.02. The Kier molecular flexibility index (Phi) is 5.06. The van der Waals surface area contributed by atoms with Crippen LogP contribution in [-0.2, 0) is 11.3 Å². The number of hydrogen-bond donors (Lipinski definition) is 1. The third-order valence-electron chi connectivity index (χ3n) is 4.46. The van der Waals surface area contributed by atoms with Gasteiger partial charge in [0.1, 0.15) is 6.61 Å². The van der Waals surface area contributed by atoms with E-state index in [4.69, 9.17) is 23.4 Å². The van der Waals surface area contributed by atoms with Crippen molar-refractivity contribution in [1.29, 1.82) is 0 Å². The molecule has 0 saturated carbocycles. The molecule has 2 aromatic carbocycles. The highest BCUT2D eigenvalue weighted by Gasteiger charge is 2.27. The van der Waals surface area contributed by atoms with Gasteiger partial charge in [-0.1, -0.05) is 30.0 Å². The average molecular weight is 427 g/mol. The van der Waals surface area contributed by atoms with Gasteiger partial charge in [-0.3, -0.25) is 4.79 Å². The molecular formula is C20H17N3O6S. The van der Waals surface area contributed by atoms with Crippen molar-refractivity contribution >= 4 is 17.7 Å². The Morgan fingerprint density at radius 3 is 2.80 bits per heavy atom. The second-order valence-electron chi connectivity index (χ2n) is 6.52. The number of aromatic nitrogens is 2. The lowest BCUT2D eigenvalue weighted by Crippen LogP contribution is -2.24. The number of nitrogens with one attached hydrogen (secondary N) is 1. The Balaban J connectivity index is 1.11. The summed E-state index contributed by atoms with van der Waals surface area (Å²) in [5.41, 5.74) is 0.924. The third-order valence-corrected chi connectivity index (χ3v) is 5.28. The summed E-state index contributed by atoms with van der Waals surface area (Å²) < 4.78 is 27.7. The van der Waals surface area contributed by atoms with Crippen molar-refractivity contribution < 1.29 is 28.2 Å². The van der Waals surface area contributed by atoms with Gasteiger partial charge in [-0.25, -0.2) is 0 Å².